The number of amides is 1. The van der Waals surface area contributed by atoms with Crippen LogP contribution < -0.4 is 5.32 Å². The molecule has 0 atom stereocenters. The highest BCUT2D eigenvalue weighted by Crippen LogP contribution is 2.29. The SMILES string of the molecule is CS(=O)(=O)c1ccccc1S(=O)(=O)N1CCC(C(=O)Nc2nnc(-c3ccc(Cl)cc3)o2)CC1. The molecule has 180 valence electrons. The Morgan fingerprint density at radius 3 is 2.24 bits per heavy atom. The average Bonchev–Trinajstić information content (AvgIpc) is 3.27. The summed E-state index contributed by atoms with van der Waals surface area (Å²) in [5, 5.41) is 10.9. The van der Waals surface area contributed by atoms with Gasteiger partial charge in [-0.15, -0.1) is 5.10 Å². The van der Waals surface area contributed by atoms with Gasteiger partial charge in [-0.1, -0.05) is 28.8 Å². The van der Waals surface area contributed by atoms with Crippen LogP contribution in [-0.4, -0.2) is 56.6 Å². The monoisotopic (exact) mass is 524 g/mol. The smallest absolute Gasteiger partial charge is 0.322 e. The van der Waals surface area contributed by atoms with Crippen molar-refractivity contribution in [3.63, 3.8) is 0 Å². The van der Waals surface area contributed by atoms with E-state index in [4.69, 9.17) is 16.0 Å². The molecule has 0 radical (unpaired) electrons. The Balaban J connectivity index is 1.41. The first-order chi connectivity index (χ1) is 16.1. The Kier molecular flexibility index (Phi) is 6.76. The molecule has 1 N–H and O–H groups in total. The van der Waals surface area contributed by atoms with E-state index in [-0.39, 0.29) is 53.5 Å². The van der Waals surface area contributed by atoms with Crippen molar-refractivity contribution in [2.45, 2.75) is 22.6 Å². The third-order valence-electron chi connectivity index (χ3n) is 5.44. The summed E-state index contributed by atoms with van der Waals surface area (Å²) in [7, 11) is -7.78. The van der Waals surface area contributed by atoms with Gasteiger partial charge in [-0.3, -0.25) is 10.1 Å². The maximum atomic E-state index is 13.1. The lowest BCUT2D eigenvalue weighted by molar-refractivity contribution is -0.121. The highest BCUT2D eigenvalue weighted by molar-refractivity contribution is 7.93. The zero-order chi connectivity index (χ0) is 24.5. The third kappa shape index (κ3) is 5.14. The first-order valence-electron chi connectivity index (χ1n) is 10.3. The van der Waals surface area contributed by atoms with Crippen molar-refractivity contribution >= 4 is 43.4 Å². The summed E-state index contributed by atoms with van der Waals surface area (Å²) in [5.41, 5.74) is 0.644. The van der Waals surface area contributed by atoms with Crippen LogP contribution in [0, 0.1) is 5.92 Å². The van der Waals surface area contributed by atoms with Crippen LogP contribution in [0.4, 0.5) is 6.01 Å². The van der Waals surface area contributed by atoms with Crippen LogP contribution in [0.1, 0.15) is 12.8 Å². The summed E-state index contributed by atoms with van der Waals surface area (Å²) < 4.78 is 57.0. The number of rotatable bonds is 6. The maximum absolute atomic E-state index is 13.1. The first kappa shape index (κ1) is 24.3. The molecule has 0 spiro atoms. The van der Waals surface area contributed by atoms with E-state index in [9.17, 15) is 21.6 Å². The Morgan fingerprint density at radius 2 is 1.62 bits per heavy atom. The lowest BCUT2D eigenvalue weighted by Gasteiger charge is -2.30. The number of hydrogen-bond acceptors (Lipinski definition) is 8. The molecular formula is C21H21ClN4O6S2. The Bertz CT molecular complexity index is 1410. The maximum Gasteiger partial charge on any atom is 0.322 e. The largest absolute Gasteiger partial charge is 0.403 e. The molecule has 0 bridgehead atoms. The van der Waals surface area contributed by atoms with Crippen LogP contribution >= 0.6 is 11.6 Å². The van der Waals surface area contributed by atoms with E-state index >= 15 is 0 Å². The fraction of sp³-hybridized carbons (Fsp3) is 0.286. The van der Waals surface area contributed by atoms with E-state index < -0.39 is 25.8 Å². The second kappa shape index (κ2) is 9.45. The van der Waals surface area contributed by atoms with Crippen molar-refractivity contribution in [1.29, 1.82) is 0 Å². The number of sulfone groups is 1. The van der Waals surface area contributed by atoms with Crippen molar-refractivity contribution in [2.24, 2.45) is 5.92 Å². The first-order valence-corrected chi connectivity index (χ1v) is 14.0. The van der Waals surface area contributed by atoms with E-state index in [1.807, 2.05) is 0 Å². The molecule has 1 aromatic heterocycles. The van der Waals surface area contributed by atoms with E-state index in [1.165, 1.54) is 28.6 Å². The van der Waals surface area contributed by atoms with Crippen LogP contribution in [0.15, 0.2) is 62.7 Å². The molecule has 1 aliphatic heterocycles. The van der Waals surface area contributed by atoms with E-state index in [2.05, 4.69) is 15.5 Å². The molecule has 2 aromatic carbocycles. The van der Waals surface area contributed by atoms with Crippen LogP contribution in [0.25, 0.3) is 11.5 Å². The molecular weight excluding hydrogens is 504 g/mol. The number of carbonyl (C=O) groups is 1. The standard InChI is InChI=1S/C21H21ClN4O6S2/c1-33(28,29)17-4-2-3-5-18(17)34(30,31)26-12-10-14(11-13-26)19(27)23-21-25-24-20(32-21)15-6-8-16(22)9-7-15/h2-9,14H,10-13H2,1H3,(H,23,25,27). The number of hydrogen-bond donors (Lipinski definition) is 1. The molecule has 1 aliphatic rings. The summed E-state index contributed by atoms with van der Waals surface area (Å²) in [6, 6.07) is 12.2. The number of aromatic nitrogens is 2. The minimum atomic E-state index is -4.04. The number of benzene rings is 2. The number of carbonyl (C=O) groups excluding carboxylic acids is 1. The van der Waals surface area contributed by atoms with Crippen LogP contribution in [0.5, 0.6) is 0 Å². The predicted molar refractivity (Wildman–Crippen MR) is 124 cm³/mol. The number of nitrogens with zero attached hydrogens (tertiary/aromatic N) is 3. The second-order valence-corrected chi connectivity index (χ2v) is 12.1. The third-order valence-corrected chi connectivity index (χ3v) is 8.93. The Morgan fingerprint density at radius 1 is 1.00 bits per heavy atom. The van der Waals surface area contributed by atoms with Gasteiger partial charge in [-0.05, 0) is 49.2 Å². The molecule has 1 saturated heterocycles. The van der Waals surface area contributed by atoms with Gasteiger partial charge >= 0.3 is 6.01 Å². The number of sulfonamides is 1. The molecule has 2 heterocycles. The summed E-state index contributed by atoms with van der Waals surface area (Å²) >= 11 is 5.87. The lowest BCUT2D eigenvalue weighted by Crippen LogP contribution is -2.41. The van der Waals surface area contributed by atoms with E-state index in [0.29, 0.717) is 10.6 Å². The fourth-order valence-corrected chi connectivity index (χ4v) is 6.86. The average molecular weight is 525 g/mol. The van der Waals surface area contributed by atoms with Crippen LogP contribution in [-0.2, 0) is 24.7 Å². The topological polar surface area (TPSA) is 140 Å². The summed E-state index contributed by atoms with van der Waals surface area (Å²) in [5.74, 6) is -0.611. The Labute approximate surface area is 201 Å². The minimum absolute atomic E-state index is 0.0629. The van der Waals surface area contributed by atoms with Gasteiger partial charge in [0, 0.05) is 35.8 Å². The van der Waals surface area contributed by atoms with E-state index in [0.717, 1.165) is 6.26 Å². The minimum Gasteiger partial charge on any atom is -0.403 e. The zero-order valence-corrected chi connectivity index (χ0v) is 20.4. The fourth-order valence-electron chi connectivity index (χ4n) is 3.66. The highest BCUT2D eigenvalue weighted by atomic mass is 35.5. The zero-order valence-electron chi connectivity index (χ0n) is 18.0. The van der Waals surface area contributed by atoms with Crippen molar-refractivity contribution in [3.8, 4) is 11.5 Å². The van der Waals surface area contributed by atoms with Gasteiger partial charge < -0.3 is 4.42 Å². The number of halogens is 1. The van der Waals surface area contributed by atoms with Crippen LogP contribution in [0.3, 0.4) is 0 Å². The second-order valence-electron chi connectivity index (χ2n) is 7.81. The molecule has 10 nitrogen and oxygen atoms in total. The van der Waals surface area contributed by atoms with E-state index in [1.54, 1.807) is 24.3 Å². The van der Waals surface area contributed by atoms with Crippen molar-refractivity contribution < 1.29 is 26.0 Å². The van der Waals surface area contributed by atoms with Gasteiger partial charge in [0.25, 0.3) is 0 Å². The van der Waals surface area contributed by atoms with Gasteiger partial charge in [-0.25, -0.2) is 16.8 Å². The van der Waals surface area contributed by atoms with Gasteiger partial charge in [0.05, 0.1) is 4.90 Å². The molecule has 0 unspecified atom stereocenters. The van der Waals surface area contributed by atoms with Crippen molar-refractivity contribution in [3.05, 3.63) is 53.6 Å². The molecule has 0 aliphatic carbocycles. The van der Waals surface area contributed by atoms with Crippen molar-refractivity contribution in [1.82, 2.24) is 14.5 Å². The summed E-state index contributed by atoms with van der Waals surface area (Å²) in [6.07, 6.45) is 1.47. The molecule has 0 saturated carbocycles. The summed E-state index contributed by atoms with van der Waals surface area (Å²) in [4.78, 5) is 12.2. The van der Waals surface area contributed by atoms with Crippen LogP contribution in [0.2, 0.25) is 5.02 Å². The van der Waals surface area contributed by atoms with Gasteiger partial charge in [0.2, 0.25) is 21.8 Å². The highest BCUT2D eigenvalue weighted by Gasteiger charge is 2.35. The quantitative estimate of drug-likeness (QED) is 0.519. The normalized spacial score (nSPS) is 15.8. The van der Waals surface area contributed by atoms with Gasteiger partial charge in [-0.2, -0.15) is 4.31 Å². The molecule has 1 amide bonds. The lowest BCUT2D eigenvalue weighted by atomic mass is 9.97. The molecule has 3 aromatic rings. The number of nitrogens with one attached hydrogen (secondary N) is 1. The molecule has 34 heavy (non-hydrogen) atoms. The number of anilines is 1. The molecule has 13 heteroatoms. The van der Waals surface area contributed by atoms with Gasteiger partial charge in [0.15, 0.2) is 9.84 Å². The van der Waals surface area contributed by atoms with Crippen molar-refractivity contribution in [2.75, 3.05) is 24.7 Å². The Hall–Kier alpha value is -2.80. The molecule has 1 fully saturated rings. The van der Waals surface area contributed by atoms with Gasteiger partial charge in [0.1, 0.15) is 4.90 Å². The number of piperidine rings is 1. The summed E-state index contributed by atoms with van der Waals surface area (Å²) in [6.45, 7) is 0.136. The predicted octanol–water partition coefficient (Wildman–Crippen LogP) is 2.83. The molecule has 4 rings (SSSR count).